The number of alkyl carbamates (subject to hydrolysis) is 1. The number of carbonyl (C=O) groups excluding carboxylic acids is 2. The molecule has 0 radical (unpaired) electrons. The van der Waals surface area contributed by atoms with Crippen molar-refractivity contribution in [2.45, 2.75) is 32.0 Å². The first kappa shape index (κ1) is 22.0. The molecule has 0 fully saturated rings. The highest BCUT2D eigenvalue weighted by Gasteiger charge is 2.29. The Morgan fingerprint density at radius 2 is 1.73 bits per heavy atom. The van der Waals surface area contributed by atoms with Gasteiger partial charge in [-0.25, -0.2) is 9.48 Å². The molecule has 33 heavy (non-hydrogen) atoms. The van der Waals surface area contributed by atoms with E-state index in [0.717, 1.165) is 26.9 Å². The van der Waals surface area contributed by atoms with Crippen molar-refractivity contribution < 1.29 is 24.2 Å². The van der Waals surface area contributed by atoms with Crippen LogP contribution in [0, 0.1) is 0 Å². The number of hydrogen-bond acceptors (Lipinski definition) is 6. The van der Waals surface area contributed by atoms with Crippen LogP contribution in [0.5, 0.6) is 0 Å². The van der Waals surface area contributed by atoms with Crippen molar-refractivity contribution >= 4 is 18.0 Å². The van der Waals surface area contributed by atoms with E-state index in [1.807, 2.05) is 36.4 Å². The summed E-state index contributed by atoms with van der Waals surface area (Å²) < 4.78 is 6.61. The van der Waals surface area contributed by atoms with E-state index < -0.39 is 24.0 Å². The summed E-state index contributed by atoms with van der Waals surface area (Å²) in [7, 11) is 0. The van der Waals surface area contributed by atoms with E-state index in [9.17, 15) is 14.4 Å². The first-order valence-electron chi connectivity index (χ1n) is 10.4. The van der Waals surface area contributed by atoms with E-state index in [1.54, 1.807) is 0 Å². The Kier molecular flexibility index (Phi) is 6.34. The smallest absolute Gasteiger partial charge is 0.407 e. The van der Waals surface area contributed by atoms with Gasteiger partial charge in [-0.3, -0.25) is 9.59 Å². The molecule has 0 saturated carbocycles. The average molecular weight is 449 g/mol. The van der Waals surface area contributed by atoms with Gasteiger partial charge in [-0.1, -0.05) is 53.7 Å². The zero-order valence-corrected chi connectivity index (χ0v) is 17.9. The number of benzene rings is 2. The van der Waals surface area contributed by atoms with Crippen LogP contribution in [0.1, 0.15) is 29.7 Å². The Hall–Kier alpha value is -4.21. The fourth-order valence-corrected chi connectivity index (χ4v) is 3.85. The molecular formula is C23H23N5O5. The van der Waals surface area contributed by atoms with Gasteiger partial charge in [0.25, 0.3) is 0 Å². The van der Waals surface area contributed by atoms with E-state index in [-0.39, 0.29) is 25.6 Å². The first-order valence-corrected chi connectivity index (χ1v) is 10.4. The van der Waals surface area contributed by atoms with Crippen molar-refractivity contribution in [3.05, 3.63) is 71.5 Å². The van der Waals surface area contributed by atoms with Crippen LogP contribution < -0.4 is 10.6 Å². The minimum absolute atomic E-state index is 0.0508. The summed E-state index contributed by atoms with van der Waals surface area (Å²) in [5.74, 6) is -1.55. The summed E-state index contributed by atoms with van der Waals surface area (Å²) in [5, 5.41) is 21.4. The Morgan fingerprint density at radius 3 is 2.36 bits per heavy atom. The fraction of sp³-hybridized carbons (Fsp3) is 0.261. The Labute approximate surface area is 189 Å². The molecular weight excluding hydrogens is 426 g/mol. The van der Waals surface area contributed by atoms with E-state index in [1.165, 1.54) is 13.1 Å². The van der Waals surface area contributed by atoms with Gasteiger partial charge >= 0.3 is 12.1 Å². The number of rotatable bonds is 8. The number of aliphatic carboxylic acids is 1. The summed E-state index contributed by atoms with van der Waals surface area (Å²) in [6.45, 7) is 1.43. The molecule has 0 unspecified atom stereocenters. The molecule has 1 aliphatic rings. The molecule has 0 aliphatic heterocycles. The number of ether oxygens (including phenoxy) is 1. The molecule has 3 aromatic rings. The van der Waals surface area contributed by atoms with Crippen LogP contribution in [0.25, 0.3) is 11.1 Å². The van der Waals surface area contributed by atoms with Gasteiger partial charge in [0.05, 0.1) is 12.7 Å². The molecule has 10 nitrogen and oxygen atoms in total. The average Bonchev–Trinajstić information content (AvgIpc) is 3.37. The molecule has 2 aromatic carbocycles. The van der Waals surface area contributed by atoms with Crippen LogP contribution in [0.4, 0.5) is 4.79 Å². The normalized spacial score (nSPS) is 13.0. The number of carboxylic acid groups (broad SMARTS) is 1. The second-order valence-electron chi connectivity index (χ2n) is 7.71. The number of nitrogens with zero attached hydrogens (tertiary/aromatic N) is 3. The first-order chi connectivity index (χ1) is 15.9. The summed E-state index contributed by atoms with van der Waals surface area (Å²) in [4.78, 5) is 35.3. The molecule has 170 valence electrons. The van der Waals surface area contributed by atoms with Gasteiger partial charge in [0, 0.05) is 5.92 Å². The Bertz CT molecular complexity index is 1150. The van der Waals surface area contributed by atoms with Crippen molar-refractivity contribution in [3.63, 3.8) is 0 Å². The summed E-state index contributed by atoms with van der Waals surface area (Å²) >= 11 is 0. The largest absolute Gasteiger partial charge is 0.480 e. The van der Waals surface area contributed by atoms with Crippen LogP contribution in [0.3, 0.4) is 0 Å². The van der Waals surface area contributed by atoms with Crippen molar-refractivity contribution in [2.24, 2.45) is 0 Å². The molecule has 1 aromatic heterocycles. The van der Waals surface area contributed by atoms with Crippen molar-refractivity contribution in [1.82, 2.24) is 25.6 Å². The summed E-state index contributed by atoms with van der Waals surface area (Å²) in [6, 6.07) is 15.2. The maximum atomic E-state index is 12.3. The van der Waals surface area contributed by atoms with Crippen molar-refractivity contribution in [1.29, 1.82) is 0 Å². The molecule has 1 heterocycles. The second kappa shape index (κ2) is 9.51. The number of carbonyl (C=O) groups is 3. The van der Waals surface area contributed by atoms with Crippen LogP contribution in [0.15, 0.2) is 54.7 Å². The number of aromatic nitrogens is 3. The topological polar surface area (TPSA) is 135 Å². The van der Waals surface area contributed by atoms with Crippen LogP contribution in [-0.4, -0.2) is 50.7 Å². The standard InChI is InChI=1S/C23H23N5O5/c1-14(22(31)24-10-15-11-28(27-26-15)12-21(29)30)25-23(32)33-13-20-18-8-4-2-6-16(18)17-7-3-5-9-19(17)20/h2-9,11,14,20H,10,12-13H2,1H3,(H,24,31)(H,25,32)(H,29,30)/t14-/m1/s1. The summed E-state index contributed by atoms with van der Waals surface area (Å²) in [6.07, 6.45) is 0.741. The van der Waals surface area contributed by atoms with Crippen molar-refractivity contribution in [3.8, 4) is 11.1 Å². The lowest BCUT2D eigenvalue weighted by Gasteiger charge is -2.17. The monoisotopic (exact) mass is 449 g/mol. The molecule has 1 atom stereocenters. The third-order valence-electron chi connectivity index (χ3n) is 5.40. The van der Waals surface area contributed by atoms with E-state index >= 15 is 0 Å². The van der Waals surface area contributed by atoms with Gasteiger partial charge in [0.2, 0.25) is 5.91 Å². The molecule has 10 heteroatoms. The highest BCUT2D eigenvalue weighted by atomic mass is 16.5. The van der Waals surface area contributed by atoms with Gasteiger partial charge in [-0.05, 0) is 29.2 Å². The molecule has 0 saturated heterocycles. The third kappa shape index (κ3) is 5.00. The van der Waals surface area contributed by atoms with E-state index in [0.29, 0.717) is 5.69 Å². The quantitative estimate of drug-likeness (QED) is 0.478. The maximum Gasteiger partial charge on any atom is 0.407 e. The highest BCUT2D eigenvalue weighted by molar-refractivity contribution is 5.85. The zero-order valence-electron chi connectivity index (χ0n) is 17.9. The SMILES string of the molecule is C[C@@H](NC(=O)OCC1c2ccccc2-c2ccccc21)C(=O)NCc1cn(CC(=O)O)nn1. The number of carboxylic acids is 1. The van der Waals surface area contributed by atoms with Crippen LogP contribution >= 0.6 is 0 Å². The predicted molar refractivity (Wildman–Crippen MR) is 117 cm³/mol. The Morgan fingerprint density at radius 1 is 1.09 bits per heavy atom. The van der Waals surface area contributed by atoms with E-state index in [2.05, 4.69) is 33.1 Å². The molecule has 1 aliphatic carbocycles. The minimum Gasteiger partial charge on any atom is -0.480 e. The highest BCUT2D eigenvalue weighted by Crippen LogP contribution is 2.44. The van der Waals surface area contributed by atoms with E-state index in [4.69, 9.17) is 9.84 Å². The second-order valence-corrected chi connectivity index (χ2v) is 7.71. The van der Waals surface area contributed by atoms with Crippen LogP contribution in [0.2, 0.25) is 0 Å². The summed E-state index contributed by atoms with van der Waals surface area (Å²) in [5.41, 5.74) is 4.88. The lowest BCUT2D eigenvalue weighted by Crippen LogP contribution is -2.45. The van der Waals surface area contributed by atoms with Gasteiger partial charge in [0.1, 0.15) is 24.9 Å². The Balaban J connectivity index is 1.28. The van der Waals surface area contributed by atoms with Gasteiger partial charge in [0.15, 0.2) is 0 Å². The lowest BCUT2D eigenvalue weighted by molar-refractivity contribution is -0.138. The third-order valence-corrected chi connectivity index (χ3v) is 5.40. The predicted octanol–water partition coefficient (Wildman–Crippen LogP) is 1.91. The minimum atomic E-state index is -1.04. The molecule has 2 amide bonds. The van der Waals surface area contributed by atoms with Gasteiger partial charge < -0.3 is 20.5 Å². The fourth-order valence-electron chi connectivity index (χ4n) is 3.85. The molecule has 0 bridgehead atoms. The molecule has 3 N–H and O–H groups in total. The number of fused-ring (bicyclic) bond motifs is 3. The maximum absolute atomic E-state index is 12.3. The van der Waals surface area contributed by atoms with Crippen LogP contribution in [-0.2, 0) is 27.4 Å². The number of nitrogens with one attached hydrogen (secondary N) is 2. The van der Waals surface area contributed by atoms with Gasteiger partial charge in [-0.2, -0.15) is 0 Å². The number of amides is 2. The van der Waals surface area contributed by atoms with Crippen molar-refractivity contribution in [2.75, 3.05) is 6.61 Å². The number of hydrogen-bond donors (Lipinski definition) is 3. The molecule has 4 rings (SSSR count). The molecule has 0 spiro atoms. The lowest BCUT2D eigenvalue weighted by atomic mass is 9.98. The zero-order chi connectivity index (χ0) is 23.4. The van der Waals surface area contributed by atoms with Gasteiger partial charge in [-0.15, -0.1) is 5.10 Å².